The fourth-order valence-corrected chi connectivity index (χ4v) is 3.81. The Hall–Kier alpha value is -2.24. The third-order valence-electron chi connectivity index (χ3n) is 5.11. The Balaban J connectivity index is 1.49. The molecule has 0 aliphatic carbocycles. The highest BCUT2D eigenvalue weighted by Crippen LogP contribution is 2.27. The van der Waals surface area contributed by atoms with Crippen molar-refractivity contribution in [3.63, 3.8) is 0 Å². The Morgan fingerprint density at radius 1 is 1.21 bits per heavy atom. The van der Waals surface area contributed by atoms with Gasteiger partial charge in [-0.1, -0.05) is 35.9 Å². The van der Waals surface area contributed by atoms with Crippen molar-refractivity contribution in [2.45, 2.75) is 19.9 Å². The molecule has 3 rings (SSSR count). The highest BCUT2D eigenvalue weighted by Gasteiger charge is 2.24. The van der Waals surface area contributed by atoms with Crippen LogP contribution in [0, 0.1) is 0 Å². The van der Waals surface area contributed by atoms with E-state index in [1.165, 1.54) is 4.90 Å². The molecular formula is C22H29ClN3O2+. The number of halogens is 1. The van der Waals surface area contributed by atoms with Crippen LogP contribution in [0.5, 0.6) is 5.75 Å². The van der Waals surface area contributed by atoms with Crippen molar-refractivity contribution in [1.82, 2.24) is 5.32 Å². The van der Waals surface area contributed by atoms with Gasteiger partial charge >= 0.3 is 0 Å². The van der Waals surface area contributed by atoms with Gasteiger partial charge in [-0.15, -0.1) is 0 Å². The highest BCUT2D eigenvalue weighted by atomic mass is 35.5. The van der Waals surface area contributed by atoms with Crippen LogP contribution in [-0.2, 0) is 4.79 Å². The molecule has 0 spiro atoms. The first kappa shape index (κ1) is 20.5. The fraction of sp³-hybridized carbons (Fsp3) is 0.409. The Labute approximate surface area is 172 Å². The van der Waals surface area contributed by atoms with E-state index in [2.05, 4.69) is 16.3 Å². The summed E-state index contributed by atoms with van der Waals surface area (Å²) in [7, 11) is 0. The molecule has 150 valence electrons. The SMILES string of the molecule is CCOc1ccccc1N1CC[NH+](CC(=O)N[C@@H](C)c2cccc(Cl)c2)CC1. The first-order valence-corrected chi connectivity index (χ1v) is 10.3. The summed E-state index contributed by atoms with van der Waals surface area (Å²) < 4.78 is 5.75. The number of nitrogens with one attached hydrogen (secondary N) is 2. The molecule has 0 saturated carbocycles. The molecular weight excluding hydrogens is 374 g/mol. The topological polar surface area (TPSA) is 46.0 Å². The van der Waals surface area contributed by atoms with Gasteiger partial charge in [0.1, 0.15) is 5.75 Å². The number of ether oxygens (including phenoxy) is 1. The maximum absolute atomic E-state index is 12.5. The molecule has 2 aromatic carbocycles. The smallest absolute Gasteiger partial charge is 0.275 e. The number of benzene rings is 2. The number of para-hydroxylation sites is 2. The minimum atomic E-state index is -0.0510. The summed E-state index contributed by atoms with van der Waals surface area (Å²) in [6, 6.07) is 15.7. The maximum Gasteiger partial charge on any atom is 0.275 e. The van der Waals surface area contributed by atoms with Gasteiger partial charge in [-0.2, -0.15) is 0 Å². The fourth-order valence-electron chi connectivity index (χ4n) is 3.62. The van der Waals surface area contributed by atoms with Crippen molar-refractivity contribution in [3.05, 3.63) is 59.1 Å². The van der Waals surface area contributed by atoms with Crippen LogP contribution in [0.3, 0.4) is 0 Å². The van der Waals surface area contributed by atoms with E-state index in [0.717, 1.165) is 43.2 Å². The molecule has 2 N–H and O–H groups in total. The summed E-state index contributed by atoms with van der Waals surface area (Å²) in [5.41, 5.74) is 2.16. The number of nitrogens with zero attached hydrogens (tertiary/aromatic N) is 1. The number of quaternary nitrogens is 1. The summed E-state index contributed by atoms with van der Waals surface area (Å²) in [5, 5.41) is 3.78. The van der Waals surface area contributed by atoms with Crippen LogP contribution < -0.4 is 19.9 Å². The maximum atomic E-state index is 12.5. The van der Waals surface area contributed by atoms with E-state index in [9.17, 15) is 4.79 Å². The van der Waals surface area contributed by atoms with E-state index in [-0.39, 0.29) is 11.9 Å². The number of anilines is 1. The number of hydrogen-bond donors (Lipinski definition) is 2. The lowest BCUT2D eigenvalue weighted by Crippen LogP contribution is -3.15. The number of carbonyl (C=O) groups excluding carboxylic acids is 1. The highest BCUT2D eigenvalue weighted by molar-refractivity contribution is 6.30. The van der Waals surface area contributed by atoms with Crippen molar-refractivity contribution in [1.29, 1.82) is 0 Å². The zero-order valence-electron chi connectivity index (χ0n) is 16.6. The number of piperazine rings is 1. The number of rotatable bonds is 7. The third kappa shape index (κ3) is 5.40. The average Bonchev–Trinajstić information content (AvgIpc) is 2.69. The van der Waals surface area contributed by atoms with Crippen molar-refractivity contribution in [3.8, 4) is 5.75 Å². The molecule has 1 amide bonds. The molecule has 1 atom stereocenters. The van der Waals surface area contributed by atoms with Crippen LogP contribution in [0.1, 0.15) is 25.5 Å². The van der Waals surface area contributed by atoms with Crippen molar-refractivity contribution in [2.24, 2.45) is 0 Å². The molecule has 0 aromatic heterocycles. The van der Waals surface area contributed by atoms with Crippen LogP contribution in [0.25, 0.3) is 0 Å². The number of amides is 1. The van der Waals surface area contributed by atoms with Gasteiger partial charge in [0.2, 0.25) is 0 Å². The van der Waals surface area contributed by atoms with Gasteiger partial charge in [0.25, 0.3) is 5.91 Å². The first-order valence-electron chi connectivity index (χ1n) is 9.92. The summed E-state index contributed by atoms with van der Waals surface area (Å²) in [6.07, 6.45) is 0. The number of carbonyl (C=O) groups is 1. The zero-order chi connectivity index (χ0) is 19.9. The molecule has 0 radical (unpaired) electrons. The van der Waals surface area contributed by atoms with Crippen molar-refractivity contribution < 1.29 is 14.4 Å². The Bertz CT molecular complexity index is 791. The second-order valence-electron chi connectivity index (χ2n) is 7.16. The van der Waals surface area contributed by atoms with Gasteiger partial charge in [0.05, 0.1) is 44.5 Å². The van der Waals surface area contributed by atoms with Gasteiger partial charge in [0, 0.05) is 5.02 Å². The number of hydrogen-bond acceptors (Lipinski definition) is 3. The second-order valence-corrected chi connectivity index (χ2v) is 7.60. The minimum Gasteiger partial charge on any atom is -0.492 e. The molecule has 1 heterocycles. The van der Waals surface area contributed by atoms with Crippen molar-refractivity contribution >= 4 is 23.2 Å². The monoisotopic (exact) mass is 402 g/mol. The largest absolute Gasteiger partial charge is 0.492 e. The predicted octanol–water partition coefficient (Wildman–Crippen LogP) is 2.32. The van der Waals surface area contributed by atoms with Gasteiger partial charge < -0.3 is 19.9 Å². The molecule has 1 aliphatic heterocycles. The van der Waals surface area contributed by atoms with E-state index < -0.39 is 0 Å². The molecule has 28 heavy (non-hydrogen) atoms. The van der Waals surface area contributed by atoms with Gasteiger partial charge in [-0.3, -0.25) is 4.79 Å². The summed E-state index contributed by atoms with van der Waals surface area (Å²) in [4.78, 5) is 16.1. The van der Waals surface area contributed by atoms with Crippen LogP contribution in [0.15, 0.2) is 48.5 Å². The summed E-state index contributed by atoms with van der Waals surface area (Å²) in [5.74, 6) is 1.01. The Kier molecular flexibility index (Phi) is 7.18. The van der Waals surface area contributed by atoms with Crippen LogP contribution in [-0.4, -0.2) is 45.2 Å². The predicted molar refractivity (Wildman–Crippen MR) is 113 cm³/mol. The molecule has 1 saturated heterocycles. The molecule has 1 aliphatic rings. The average molecular weight is 403 g/mol. The molecule has 5 nitrogen and oxygen atoms in total. The standard InChI is InChI=1S/C22H28ClN3O2/c1-3-28-21-10-5-4-9-20(21)26-13-11-25(12-14-26)16-22(27)24-17(2)18-7-6-8-19(23)15-18/h4-10,15,17H,3,11-14,16H2,1-2H3,(H,24,27)/p+1/t17-/m0/s1. The lowest BCUT2D eigenvalue weighted by Gasteiger charge is -2.34. The van der Waals surface area contributed by atoms with Gasteiger partial charge in [-0.25, -0.2) is 0 Å². The molecule has 2 aromatic rings. The van der Waals surface area contributed by atoms with E-state index in [1.54, 1.807) is 0 Å². The summed E-state index contributed by atoms with van der Waals surface area (Å²) in [6.45, 7) is 8.83. The van der Waals surface area contributed by atoms with Crippen LogP contribution in [0.4, 0.5) is 5.69 Å². The lowest BCUT2D eigenvalue weighted by atomic mass is 10.1. The van der Waals surface area contributed by atoms with Crippen molar-refractivity contribution in [2.75, 3.05) is 44.2 Å². The molecule has 1 fully saturated rings. The quantitative estimate of drug-likeness (QED) is 0.747. The Morgan fingerprint density at radius 3 is 2.68 bits per heavy atom. The second kappa shape index (κ2) is 9.80. The molecule has 0 bridgehead atoms. The zero-order valence-corrected chi connectivity index (χ0v) is 17.3. The van der Waals surface area contributed by atoms with Crippen LogP contribution in [0.2, 0.25) is 5.02 Å². The van der Waals surface area contributed by atoms with Gasteiger partial charge in [0.15, 0.2) is 6.54 Å². The minimum absolute atomic E-state index is 0.0510. The van der Waals surface area contributed by atoms with E-state index in [0.29, 0.717) is 18.2 Å². The van der Waals surface area contributed by atoms with E-state index in [1.807, 2.05) is 56.3 Å². The van der Waals surface area contributed by atoms with Crippen LogP contribution >= 0.6 is 11.6 Å². The normalized spacial score (nSPS) is 15.9. The molecule has 0 unspecified atom stereocenters. The Morgan fingerprint density at radius 2 is 1.96 bits per heavy atom. The van der Waals surface area contributed by atoms with E-state index >= 15 is 0 Å². The first-order chi connectivity index (χ1) is 13.6. The summed E-state index contributed by atoms with van der Waals surface area (Å²) >= 11 is 6.05. The molecule has 6 heteroatoms. The van der Waals surface area contributed by atoms with Gasteiger partial charge in [-0.05, 0) is 43.7 Å². The van der Waals surface area contributed by atoms with E-state index in [4.69, 9.17) is 16.3 Å². The lowest BCUT2D eigenvalue weighted by molar-refractivity contribution is -0.892. The third-order valence-corrected chi connectivity index (χ3v) is 5.35.